The molecule has 2 unspecified atom stereocenters. The van der Waals surface area contributed by atoms with Crippen molar-refractivity contribution in [1.29, 1.82) is 0 Å². The Labute approximate surface area is 231 Å². The Bertz CT molecular complexity index is 1260. The van der Waals surface area contributed by atoms with Gasteiger partial charge in [0.1, 0.15) is 0 Å². The second-order valence-corrected chi connectivity index (χ2v) is 13.9. The fraction of sp³-hybridized carbons (Fsp3) is 0.548. The SMILES string of the molecule is CCCCC(CC)CC1(CC(CC)CCCC)c2sccc2-c2cc(-c3cccc4n[se]nc34)sc21. The van der Waals surface area contributed by atoms with Crippen LogP contribution in [0.2, 0.25) is 0 Å². The third kappa shape index (κ3) is 4.82. The van der Waals surface area contributed by atoms with Gasteiger partial charge >= 0.3 is 219 Å². The molecule has 36 heavy (non-hydrogen) atoms. The van der Waals surface area contributed by atoms with Gasteiger partial charge in [0.25, 0.3) is 0 Å². The van der Waals surface area contributed by atoms with Crippen LogP contribution in [0.25, 0.3) is 32.6 Å². The maximum atomic E-state index is 4.82. The van der Waals surface area contributed by atoms with Crippen molar-refractivity contribution in [3.05, 3.63) is 45.5 Å². The van der Waals surface area contributed by atoms with Gasteiger partial charge in [-0.2, -0.15) is 0 Å². The molecule has 0 radical (unpaired) electrons. The predicted molar refractivity (Wildman–Crippen MR) is 160 cm³/mol. The van der Waals surface area contributed by atoms with E-state index in [4.69, 9.17) is 3.98 Å². The van der Waals surface area contributed by atoms with Crippen LogP contribution in [-0.2, 0) is 5.41 Å². The topological polar surface area (TPSA) is 25.8 Å². The summed E-state index contributed by atoms with van der Waals surface area (Å²) in [6.07, 6.45) is 13.2. The summed E-state index contributed by atoms with van der Waals surface area (Å²) < 4.78 is 9.49. The molecule has 0 saturated heterocycles. The number of benzene rings is 1. The fourth-order valence-corrected chi connectivity index (χ4v) is 10.2. The third-order valence-electron chi connectivity index (χ3n) is 8.47. The molecule has 0 aliphatic heterocycles. The van der Waals surface area contributed by atoms with E-state index < -0.39 is 0 Å². The van der Waals surface area contributed by atoms with E-state index >= 15 is 0 Å². The number of hydrogen-bond acceptors (Lipinski definition) is 4. The summed E-state index contributed by atoms with van der Waals surface area (Å²) in [6, 6.07) is 11.5. The molecular formula is C31H40N2S2Se. The Hall–Kier alpha value is -1.26. The zero-order chi connectivity index (χ0) is 25.1. The fourth-order valence-electron chi connectivity index (χ4n) is 6.41. The summed E-state index contributed by atoms with van der Waals surface area (Å²) in [5.41, 5.74) is 6.70. The Morgan fingerprint density at radius 2 is 1.56 bits per heavy atom. The van der Waals surface area contributed by atoms with E-state index in [1.165, 1.54) is 85.8 Å². The van der Waals surface area contributed by atoms with E-state index in [0.717, 1.165) is 22.9 Å². The Kier molecular flexibility index (Phi) is 8.52. The van der Waals surface area contributed by atoms with Gasteiger partial charge in [0.15, 0.2) is 0 Å². The van der Waals surface area contributed by atoms with Gasteiger partial charge in [-0.05, 0) is 0 Å². The summed E-state index contributed by atoms with van der Waals surface area (Å²) in [5.74, 6) is 1.58. The minimum absolute atomic E-state index is 0.00393. The van der Waals surface area contributed by atoms with Crippen LogP contribution in [0.3, 0.4) is 0 Å². The zero-order valence-electron chi connectivity index (χ0n) is 22.3. The normalized spacial score (nSPS) is 18.4. The van der Waals surface area contributed by atoms with Crippen LogP contribution in [0, 0.1) is 11.8 Å². The van der Waals surface area contributed by atoms with Crippen molar-refractivity contribution in [3.63, 3.8) is 0 Å². The first-order valence-electron chi connectivity index (χ1n) is 14.1. The van der Waals surface area contributed by atoms with Crippen molar-refractivity contribution in [2.75, 3.05) is 0 Å². The molecule has 1 aliphatic rings. The van der Waals surface area contributed by atoms with Gasteiger partial charge < -0.3 is 0 Å². The molecule has 5 heteroatoms. The molecule has 4 aromatic rings. The van der Waals surface area contributed by atoms with Gasteiger partial charge in [-0.3, -0.25) is 0 Å². The van der Waals surface area contributed by atoms with Gasteiger partial charge in [-0.25, -0.2) is 0 Å². The number of aromatic nitrogens is 2. The molecule has 0 amide bonds. The number of thiophene rings is 2. The number of fused-ring (bicyclic) bond motifs is 4. The average molecular weight is 584 g/mol. The molecule has 5 rings (SSSR count). The van der Waals surface area contributed by atoms with Gasteiger partial charge in [0.2, 0.25) is 0 Å². The first-order chi connectivity index (χ1) is 17.6. The monoisotopic (exact) mass is 584 g/mol. The van der Waals surface area contributed by atoms with Crippen LogP contribution < -0.4 is 0 Å². The van der Waals surface area contributed by atoms with Crippen molar-refractivity contribution in [1.82, 2.24) is 7.96 Å². The molecule has 1 aliphatic carbocycles. The molecule has 2 atom stereocenters. The summed E-state index contributed by atoms with van der Waals surface area (Å²) in [4.78, 5) is 4.71. The molecule has 0 bridgehead atoms. The van der Waals surface area contributed by atoms with Crippen LogP contribution in [0.4, 0.5) is 0 Å². The van der Waals surface area contributed by atoms with Crippen LogP contribution in [0.15, 0.2) is 35.7 Å². The number of unbranched alkanes of at least 4 members (excludes halogenated alkanes) is 2. The first kappa shape index (κ1) is 26.4. The van der Waals surface area contributed by atoms with Gasteiger partial charge in [-0.1, -0.05) is 13.8 Å². The van der Waals surface area contributed by atoms with Crippen LogP contribution in [0.5, 0.6) is 0 Å². The number of hydrogen-bond donors (Lipinski definition) is 0. The van der Waals surface area contributed by atoms with Crippen molar-refractivity contribution in [2.45, 2.75) is 97.3 Å². The quantitative estimate of drug-likeness (QED) is 0.146. The second-order valence-electron chi connectivity index (χ2n) is 10.8. The van der Waals surface area contributed by atoms with E-state index in [1.54, 1.807) is 9.75 Å². The Morgan fingerprint density at radius 1 is 0.833 bits per heavy atom. The van der Waals surface area contributed by atoms with Crippen molar-refractivity contribution >= 4 is 48.7 Å². The summed E-state index contributed by atoms with van der Waals surface area (Å²) in [7, 11) is 0. The van der Waals surface area contributed by atoms with E-state index in [-0.39, 0.29) is 20.4 Å². The van der Waals surface area contributed by atoms with E-state index in [0.29, 0.717) is 0 Å². The molecule has 3 aromatic heterocycles. The molecular weight excluding hydrogens is 543 g/mol. The predicted octanol–water partition coefficient (Wildman–Crippen LogP) is 9.96. The van der Waals surface area contributed by atoms with Crippen LogP contribution in [0.1, 0.15) is 102 Å². The van der Waals surface area contributed by atoms with Crippen molar-refractivity contribution in [3.8, 4) is 21.6 Å². The van der Waals surface area contributed by atoms with E-state index in [2.05, 4.69) is 78.7 Å². The summed E-state index contributed by atoms with van der Waals surface area (Å²) in [5, 5.41) is 2.36. The molecule has 2 nitrogen and oxygen atoms in total. The molecule has 0 spiro atoms. The number of nitrogens with zero attached hydrogens (tertiary/aromatic N) is 2. The molecule has 0 fully saturated rings. The molecule has 0 N–H and O–H groups in total. The van der Waals surface area contributed by atoms with E-state index in [1.807, 2.05) is 11.3 Å². The van der Waals surface area contributed by atoms with Crippen molar-refractivity contribution < 1.29 is 0 Å². The van der Waals surface area contributed by atoms with Gasteiger partial charge in [-0.15, -0.1) is 0 Å². The first-order valence-corrected chi connectivity index (χ1v) is 17.3. The van der Waals surface area contributed by atoms with Crippen molar-refractivity contribution in [2.24, 2.45) is 11.8 Å². The Balaban J connectivity index is 1.63. The summed E-state index contributed by atoms with van der Waals surface area (Å²) >= 11 is 4.11. The van der Waals surface area contributed by atoms with Gasteiger partial charge in [0.05, 0.1) is 0 Å². The summed E-state index contributed by atoms with van der Waals surface area (Å²) in [6.45, 7) is 9.53. The van der Waals surface area contributed by atoms with Gasteiger partial charge in [0, 0.05) is 0 Å². The minimum atomic E-state index is 0.00393. The van der Waals surface area contributed by atoms with E-state index in [9.17, 15) is 0 Å². The maximum absolute atomic E-state index is 4.82. The van der Waals surface area contributed by atoms with Crippen LogP contribution in [-0.4, -0.2) is 22.9 Å². The second kappa shape index (κ2) is 11.6. The third-order valence-corrected chi connectivity index (χ3v) is 12.1. The Morgan fingerprint density at radius 3 is 2.22 bits per heavy atom. The molecule has 3 heterocycles. The molecule has 0 saturated carbocycles. The molecule has 192 valence electrons. The zero-order valence-corrected chi connectivity index (χ0v) is 25.7. The molecule has 1 aromatic carbocycles. The number of rotatable bonds is 13. The standard InChI is InChI=1S/C31H40N2S2Se/c1-5-9-12-21(7-3)19-31(20-22(8-4)13-10-6-2)29-23(16-17-34-29)25-18-27(35-30(25)31)24-14-11-15-26-28(24)33-36-32-26/h11,14-18,21-22H,5-10,12-13,19-20H2,1-4H3. The van der Waals surface area contributed by atoms with Crippen LogP contribution >= 0.6 is 22.7 Å². The average Bonchev–Trinajstić information content (AvgIpc) is 3.68.